The molecular weight excluding hydrogens is 291 g/mol. The topological polar surface area (TPSA) is 13.1 Å². The number of hydrogen-bond acceptors (Lipinski definition) is 1. The minimum Gasteiger partial charge on any atom is -0.455 e. The first-order valence-corrected chi connectivity index (χ1v) is 6.41. The maximum atomic E-state index is 6.09. The van der Waals surface area contributed by atoms with Crippen LogP contribution in [0.25, 0.3) is 22.3 Å². The van der Waals surface area contributed by atoms with Gasteiger partial charge in [0.25, 0.3) is 0 Å². The summed E-state index contributed by atoms with van der Waals surface area (Å²) >= 11 is 17.9. The van der Waals surface area contributed by atoms with E-state index in [9.17, 15) is 0 Å². The lowest BCUT2D eigenvalue weighted by molar-refractivity contribution is 0.631. The van der Waals surface area contributed by atoms with E-state index in [1.165, 1.54) is 0 Å². The van der Waals surface area contributed by atoms with Gasteiger partial charge < -0.3 is 4.42 Å². The zero-order chi connectivity index (χ0) is 12.7. The number of furan rings is 1. The van der Waals surface area contributed by atoms with Gasteiger partial charge in [0.1, 0.15) is 5.76 Å². The van der Waals surface area contributed by atoms with Gasteiger partial charge in [0.2, 0.25) is 0 Å². The summed E-state index contributed by atoms with van der Waals surface area (Å²) in [6.07, 6.45) is 0. The molecule has 1 nitrogen and oxygen atoms in total. The third kappa shape index (κ3) is 2.10. The van der Waals surface area contributed by atoms with Gasteiger partial charge in [0.05, 0.1) is 5.02 Å². The summed E-state index contributed by atoms with van der Waals surface area (Å²) in [7, 11) is 0. The molecule has 0 aliphatic rings. The van der Waals surface area contributed by atoms with E-state index in [1.54, 1.807) is 6.07 Å². The lowest BCUT2D eigenvalue weighted by atomic mass is 10.1. The Hall–Kier alpha value is -1.15. The van der Waals surface area contributed by atoms with Crippen LogP contribution in [-0.2, 0) is 0 Å². The number of fused-ring (bicyclic) bond motifs is 1. The van der Waals surface area contributed by atoms with E-state index in [0.717, 1.165) is 16.7 Å². The molecule has 0 aliphatic carbocycles. The molecule has 4 heteroatoms. The second-order valence-corrected chi connectivity index (χ2v) is 5.20. The van der Waals surface area contributed by atoms with Crippen LogP contribution in [0, 0.1) is 0 Å². The van der Waals surface area contributed by atoms with Gasteiger partial charge in [0.15, 0.2) is 5.58 Å². The minimum atomic E-state index is 0.512. The highest BCUT2D eigenvalue weighted by Gasteiger charge is 2.10. The van der Waals surface area contributed by atoms with Gasteiger partial charge in [-0.1, -0.05) is 34.8 Å². The minimum absolute atomic E-state index is 0.512. The fourth-order valence-electron chi connectivity index (χ4n) is 1.83. The predicted molar refractivity (Wildman–Crippen MR) is 76.7 cm³/mol. The Morgan fingerprint density at radius 1 is 0.778 bits per heavy atom. The van der Waals surface area contributed by atoms with Crippen LogP contribution in [0.3, 0.4) is 0 Å². The van der Waals surface area contributed by atoms with Gasteiger partial charge in [0, 0.05) is 21.0 Å². The molecule has 0 saturated heterocycles. The highest BCUT2D eigenvalue weighted by atomic mass is 35.5. The van der Waals surface area contributed by atoms with Crippen molar-refractivity contribution < 1.29 is 4.42 Å². The monoisotopic (exact) mass is 296 g/mol. The predicted octanol–water partition coefficient (Wildman–Crippen LogP) is 6.06. The normalized spacial score (nSPS) is 11.1. The molecule has 90 valence electrons. The molecule has 1 heterocycles. The summed E-state index contributed by atoms with van der Waals surface area (Å²) in [5.74, 6) is 0.742. The fraction of sp³-hybridized carbons (Fsp3) is 0. The zero-order valence-electron chi connectivity index (χ0n) is 9.08. The number of rotatable bonds is 1. The number of benzene rings is 2. The van der Waals surface area contributed by atoms with Gasteiger partial charge in [-0.25, -0.2) is 0 Å². The van der Waals surface area contributed by atoms with Crippen molar-refractivity contribution in [3.05, 3.63) is 57.5 Å². The summed E-state index contributed by atoms with van der Waals surface area (Å²) in [4.78, 5) is 0. The van der Waals surface area contributed by atoms with E-state index in [0.29, 0.717) is 20.7 Å². The highest BCUT2D eigenvalue weighted by Crippen LogP contribution is 2.34. The third-order valence-corrected chi connectivity index (χ3v) is 3.42. The fourth-order valence-corrected chi connectivity index (χ4v) is 2.51. The third-order valence-electron chi connectivity index (χ3n) is 2.66. The average molecular weight is 298 g/mol. The van der Waals surface area contributed by atoms with Crippen LogP contribution in [0.2, 0.25) is 15.1 Å². The smallest absolute Gasteiger partial charge is 0.153 e. The Morgan fingerprint density at radius 2 is 1.50 bits per heavy atom. The summed E-state index contributed by atoms with van der Waals surface area (Å²) in [6.45, 7) is 0. The van der Waals surface area contributed by atoms with Crippen LogP contribution < -0.4 is 0 Å². The second kappa shape index (κ2) is 4.51. The molecule has 0 bridgehead atoms. The maximum absolute atomic E-state index is 6.09. The zero-order valence-corrected chi connectivity index (χ0v) is 11.4. The Labute approximate surface area is 119 Å². The van der Waals surface area contributed by atoms with Crippen LogP contribution in [0.4, 0.5) is 0 Å². The van der Waals surface area contributed by atoms with Gasteiger partial charge in [-0.15, -0.1) is 0 Å². The second-order valence-electron chi connectivity index (χ2n) is 3.92. The van der Waals surface area contributed by atoms with Crippen molar-refractivity contribution in [3.8, 4) is 11.3 Å². The van der Waals surface area contributed by atoms with Gasteiger partial charge in [-0.3, -0.25) is 0 Å². The van der Waals surface area contributed by atoms with Crippen molar-refractivity contribution in [2.24, 2.45) is 0 Å². The Morgan fingerprint density at radius 3 is 2.22 bits per heavy atom. The van der Waals surface area contributed by atoms with Gasteiger partial charge in [-0.05, 0) is 42.5 Å². The summed E-state index contributed by atoms with van der Waals surface area (Å²) in [6, 6.07) is 12.8. The Kier molecular flexibility index (Phi) is 2.98. The molecule has 2 aromatic carbocycles. The molecule has 0 amide bonds. The first-order chi connectivity index (χ1) is 8.63. The molecule has 0 fully saturated rings. The first-order valence-electron chi connectivity index (χ1n) is 5.28. The number of halogens is 3. The van der Waals surface area contributed by atoms with Crippen molar-refractivity contribution in [3.63, 3.8) is 0 Å². The molecule has 0 radical (unpaired) electrons. The summed E-state index contributed by atoms with van der Waals surface area (Å²) < 4.78 is 5.75. The molecule has 3 aromatic rings. The maximum Gasteiger partial charge on any atom is 0.153 e. The van der Waals surface area contributed by atoms with Crippen LogP contribution in [-0.4, -0.2) is 0 Å². The van der Waals surface area contributed by atoms with Crippen molar-refractivity contribution >= 4 is 45.8 Å². The molecule has 18 heavy (non-hydrogen) atoms. The Bertz CT molecular complexity index is 714. The molecule has 0 atom stereocenters. The van der Waals surface area contributed by atoms with Crippen LogP contribution in [0.1, 0.15) is 0 Å². The van der Waals surface area contributed by atoms with Gasteiger partial charge >= 0.3 is 0 Å². The van der Waals surface area contributed by atoms with E-state index < -0.39 is 0 Å². The largest absolute Gasteiger partial charge is 0.455 e. The van der Waals surface area contributed by atoms with E-state index in [4.69, 9.17) is 39.2 Å². The highest BCUT2D eigenvalue weighted by molar-refractivity contribution is 6.38. The molecule has 0 aliphatic heterocycles. The lowest BCUT2D eigenvalue weighted by Crippen LogP contribution is -1.71. The summed E-state index contributed by atoms with van der Waals surface area (Å²) in [5.41, 5.74) is 1.59. The van der Waals surface area contributed by atoms with E-state index in [2.05, 4.69) is 0 Å². The van der Waals surface area contributed by atoms with E-state index in [1.807, 2.05) is 36.4 Å². The van der Waals surface area contributed by atoms with Gasteiger partial charge in [-0.2, -0.15) is 0 Å². The van der Waals surface area contributed by atoms with Crippen molar-refractivity contribution in [2.75, 3.05) is 0 Å². The van der Waals surface area contributed by atoms with Crippen molar-refractivity contribution in [1.29, 1.82) is 0 Å². The van der Waals surface area contributed by atoms with Crippen LogP contribution in [0.15, 0.2) is 46.9 Å². The molecule has 3 rings (SSSR count). The van der Waals surface area contributed by atoms with Crippen LogP contribution >= 0.6 is 34.8 Å². The molecule has 0 spiro atoms. The molecule has 1 aromatic heterocycles. The average Bonchev–Trinajstić information content (AvgIpc) is 2.74. The molecule has 0 unspecified atom stereocenters. The lowest BCUT2D eigenvalue weighted by Gasteiger charge is -1.96. The number of hydrogen-bond donors (Lipinski definition) is 0. The van der Waals surface area contributed by atoms with E-state index >= 15 is 0 Å². The molecular formula is C14H7Cl3O. The molecule has 0 N–H and O–H groups in total. The summed E-state index contributed by atoms with van der Waals surface area (Å²) in [5, 5.41) is 2.68. The standard InChI is InChI=1S/C14H7Cl3O/c15-10-3-1-8(2-4-10)13-6-9-5-11(16)7-12(17)14(9)18-13/h1-7H. The Balaban J connectivity index is 2.19. The van der Waals surface area contributed by atoms with Crippen LogP contribution in [0.5, 0.6) is 0 Å². The van der Waals surface area contributed by atoms with Crippen molar-refractivity contribution in [2.45, 2.75) is 0 Å². The SMILES string of the molecule is Clc1ccc(-c2cc3cc(Cl)cc(Cl)c3o2)cc1. The molecule has 0 saturated carbocycles. The van der Waals surface area contributed by atoms with E-state index in [-0.39, 0.29) is 0 Å². The van der Waals surface area contributed by atoms with Crippen molar-refractivity contribution in [1.82, 2.24) is 0 Å². The quantitative estimate of drug-likeness (QED) is 0.532. The first kappa shape index (κ1) is 11.9.